The van der Waals surface area contributed by atoms with Gasteiger partial charge in [0, 0.05) is 46.2 Å². The molecule has 1 aliphatic rings. The Morgan fingerprint density at radius 2 is 1.09 bits per heavy atom. The van der Waals surface area contributed by atoms with Crippen molar-refractivity contribution in [1.82, 2.24) is 4.90 Å². The standard InChI is InChI=1S/C51H37N3O/c1-53-45(38-21-10-4-11-22-38)33-44(37-19-8-3-9-20-37)52-51(53)43-27-16-28-47-50(43)49-42-26-15-14-25-41(42)46(34-48(49)55-47)54(39-23-12-5-13-24-39)40-31-29-36(30-32-40)35-17-6-2-7-18-35/h2-34,45H,1H3. The maximum atomic E-state index is 6.87. The van der Waals surface area contributed by atoms with Gasteiger partial charge in [-0.1, -0.05) is 158 Å². The van der Waals surface area contributed by atoms with Crippen molar-refractivity contribution in [1.29, 1.82) is 0 Å². The molecule has 2 heterocycles. The minimum Gasteiger partial charge on any atom is -0.456 e. The maximum Gasteiger partial charge on any atom is 0.138 e. The minimum absolute atomic E-state index is 0.00613. The highest BCUT2D eigenvalue weighted by molar-refractivity contribution is 6.27. The van der Waals surface area contributed by atoms with E-state index in [1.165, 1.54) is 16.7 Å². The Bertz CT molecular complexity index is 2860. The predicted molar refractivity (Wildman–Crippen MR) is 229 cm³/mol. The number of amidine groups is 1. The molecule has 55 heavy (non-hydrogen) atoms. The molecule has 0 N–H and O–H groups in total. The molecule has 0 aliphatic carbocycles. The summed E-state index contributed by atoms with van der Waals surface area (Å²) in [5, 5.41) is 4.40. The monoisotopic (exact) mass is 707 g/mol. The Morgan fingerprint density at radius 3 is 1.80 bits per heavy atom. The van der Waals surface area contributed by atoms with Gasteiger partial charge in [-0.15, -0.1) is 0 Å². The third kappa shape index (κ3) is 5.76. The summed E-state index contributed by atoms with van der Waals surface area (Å²) in [4.78, 5) is 10.0. The molecule has 0 amide bonds. The number of anilines is 3. The van der Waals surface area contributed by atoms with E-state index in [0.29, 0.717) is 0 Å². The number of benzene rings is 8. The average molecular weight is 708 g/mol. The largest absolute Gasteiger partial charge is 0.456 e. The molecule has 1 unspecified atom stereocenters. The summed E-state index contributed by atoms with van der Waals surface area (Å²) in [5.41, 5.74) is 11.5. The van der Waals surface area contributed by atoms with Crippen molar-refractivity contribution < 1.29 is 4.42 Å². The topological polar surface area (TPSA) is 32.0 Å². The highest BCUT2D eigenvalue weighted by Gasteiger charge is 2.29. The first-order chi connectivity index (χ1) is 27.2. The number of furan rings is 1. The van der Waals surface area contributed by atoms with E-state index in [1.807, 2.05) is 0 Å². The van der Waals surface area contributed by atoms with Crippen molar-refractivity contribution in [2.45, 2.75) is 6.04 Å². The number of hydrogen-bond acceptors (Lipinski definition) is 4. The number of rotatable bonds is 7. The zero-order valence-corrected chi connectivity index (χ0v) is 30.4. The highest BCUT2D eigenvalue weighted by Crippen LogP contribution is 2.46. The van der Waals surface area contributed by atoms with Gasteiger partial charge in [0.05, 0.1) is 17.4 Å². The molecule has 1 aromatic heterocycles. The second kappa shape index (κ2) is 13.7. The summed E-state index contributed by atoms with van der Waals surface area (Å²) in [7, 11) is 2.15. The summed E-state index contributed by atoms with van der Waals surface area (Å²) in [6, 6.07) is 68.4. The molecule has 10 rings (SSSR count). The van der Waals surface area contributed by atoms with E-state index in [2.05, 4.69) is 217 Å². The van der Waals surface area contributed by atoms with E-state index in [-0.39, 0.29) is 6.04 Å². The lowest BCUT2D eigenvalue weighted by Crippen LogP contribution is -2.33. The Balaban J connectivity index is 1.18. The van der Waals surface area contributed by atoms with Crippen LogP contribution in [0.15, 0.2) is 210 Å². The van der Waals surface area contributed by atoms with Crippen molar-refractivity contribution in [3.63, 3.8) is 0 Å². The lowest BCUT2D eigenvalue weighted by atomic mass is 9.95. The molecule has 9 aromatic rings. The van der Waals surface area contributed by atoms with Crippen LogP contribution in [-0.2, 0) is 0 Å². The maximum absolute atomic E-state index is 6.87. The zero-order valence-electron chi connectivity index (χ0n) is 30.4. The van der Waals surface area contributed by atoms with Crippen molar-refractivity contribution in [3.05, 3.63) is 217 Å². The van der Waals surface area contributed by atoms with Crippen LogP contribution in [0.1, 0.15) is 22.7 Å². The molecule has 0 bridgehead atoms. The zero-order chi connectivity index (χ0) is 36.7. The van der Waals surface area contributed by atoms with Crippen LogP contribution in [0.3, 0.4) is 0 Å². The van der Waals surface area contributed by atoms with Gasteiger partial charge in [0.2, 0.25) is 0 Å². The van der Waals surface area contributed by atoms with Gasteiger partial charge in [0.1, 0.15) is 17.0 Å². The minimum atomic E-state index is -0.00613. The number of likely N-dealkylation sites (N-methyl/N-ethyl adjacent to an activating group) is 1. The summed E-state index contributed by atoms with van der Waals surface area (Å²) in [5.74, 6) is 0.904. The number of para-hydroxylation sites is 1. The average Bonchev–Trinajstić information content (AvgIpc) is 3.65. The van der Waals surface area contributed by atoms with Gasteiger partial charge in [0.25, 0.3) is 0 Å². The van der Waals surface area contributed by atoms with Crippen molar-refractivity contribution in [3.8, 4) is 11.1 Å². The quantitative estimate of drug-likeness (QED) is 0.165. The summed E-state index contributed by atoms with van der Waals surface area (Å²) >= 11 is 0. The molecule has 0 spiro atoms. The molecule has 0 saturated carbocycles. The van der Waals surface area contributed by atoms with Crippen LogP contribution >= 0.6 is 0 Å². The Kier molecular flexibility index (Phi) is 8.07. The molecule has 0 saturated heterocycles. The summed E-state index contributed by atoms with van der Waals surface area (Å²) < 4.78 is 6.87. The second-order valence-electron chi connectivity index (χ2n) is 14.0. The van der Waals surface area contributed by atoms with E-state index in [9.17, 15) is 0 Å². The van der Waals surface area contributed by atoms with E-state index >= 15 is 0 Å². The van der Waals surface area contributed by atoms with Gasteiger partial charge in [0.15, 0.2) is 0 Å². The Morgan fingerprint density at radius 1 is 0.509 bits per heavy atom. The highest BCUT2D eigenvalue weighted by atomic mass is 16.3. The van der Waals surface area contributed by atoms with Crippen LogP contribution in [-0.4, -0.2) is 17.8 Å². The smallest absolute Gasteiger partial charge is 0.138 e. The molecule has 1 atom stereocenters. The van der Waals surface area contributed by atoms with Gasteiger partial charge in [-0.05, 0) is 64.0 Å². The molecular formula is C51H37N3O. The molecular weight excluding hydrogens is 671 g/mol. The third-order valence-electron chi connectivity index (χ3n) is 10.7. The molecule has 262 valence electrons. The van der Waals surface area contributed by atoms with Crippen LogP contribution in [0, 0.1) is 0 Å². The first-order valence-corrected chi connectivity index (χ1v) is 18.7. The molecule has 8 aromatic carbocycles. The molecule has 0 fully saturated rings. The van der Waals surface area contributed by atoms with E-state index in [4.69, 9.17) is 9.41 Å². The lowest BCUT2D eigenvalue weighted by molar-refractivity contribution is 0.435. The van der Waals surface area contributed by atoms with Crippen LogP contribution in [0.25, 0.3) is 49.5 Å². The SMILES string of the molecule is CN1C(c2cccc3oc4cc(N(c5ccccc5)c5ccc(-c6ccccc6)cc5)c5ccccc5c4c23)=NC(c2ccccc2)=CC1c1ccccc1. The number of nitrogens with zero attached hydrogens (tertiary/aromatic N) is 3. The van der Waals surface area contributed by atoms with Crippen LogP contribution < -0.4 is 4.90 Å². The first-order valence-electron chi connectivity index (χ1n) is 18.7. The molecule has 4 nitrogen and oxygen atoms in total. The molecule has 0 radical (unpaired) electrons. The Labute approximate surface area is 320 Å². The number of aliphatic imine (C=N–C) groups is 1. The number of fused-ring (bicyclic) bond motifs is 5. The summed E-state index contributed by atoms with van der Waals surface area (Å²) in [6.45, 7) is 0. The van der Waals surface area contributed by atoms with E-state index in [1.54, 1.807) is 0 Å². The van der Waals surface area contributed by atoms with E-state index < -0.39 is 0 Å². The van der Waals surface area contributed by atoms with Crippen LogP contribution in [0.4, 0.5) is 17.1 Å². The van der Waals surface area contributed by atoms with Crippen molar-refractivity contribution in [2.75, 3.05) is 11.9 Å². The molecule has 1 aliphatic heterocycles. The fraction of sp³-hybridized carbons (Fsp3) is 0.0392. The fourth-order valence-corrected chi connectivity index (χ4v) is 8.08. The Hall–Kier alpha value is -7.17. The van der Waals surface area contributed by atoms with Crippen molar-refractivity contribution >= 4 is 61.3 Å². The first kappa shape index (κ1) is 32.5. The van der Waals surface area contributed by atoms with Gasteiger partial charge in [-0.25, -0.2) is 4.99 Å². The summed E-state index contributed by atoms with van der Waals surface area (Å²) in [6.07, 6.45) is 2.27. The van der Waals surface area contributed by atoms with Crippen LogP contribution in [0.2, 0.25) is 0 Å². The van der Waals surface area contributed by atoms with E-state index in [0.717, 1.165) is 72.4 Å². The van der Waals surface area contributed by atoms with Gasteiger partial charge in [-0.2, -0.15) is 0 Å². The predicted octanol–water partition coefficient (Wildman–Crippen LogP) is 13.4. The second-order valence-corrected chi connectivity index (χ2v) is 14.0. The number of hydrogen-bond donors (Lipinski definition) is 0. The van der Waals surface area contributed by atoms with Crippen molar-refractivity contribution in [2.24, 2.45) is 4.99 Å². The normalized spacial score (nSPS) is 14.3. The van der Waals surface area contributed by atoms with Crippen LogP contribution in [0.5, 0.6) is 0 Å². The van der Waals surface area contributed by atoms with Gasteiger partial charge < -0.3 is 14.2 Å². The molecule has 4 heteroatoms. The van der Waals surface area contributed by atoms with Gasteiger partial charge >= 0.3 is 0 Å². The third-order valence-corrected chi connectivity index (χ3v) is 10.7. The van der Waals surface area contributed by atoms with Gasteiger partial charge in [-0.3, -0.25) is 0 Å². The fourth-order valence-electron chi connectivity index (χ4n) is 8.08. The lowest BCUT2D eigenvalue weighted by Gasteiger charge is -2.33.